The summed E-state index contributed by atoms with van der Waals surface area (Å²) in [6.07, 6.45) is 2.93. The number of rotatable bonds is 5. The molecule has 2 heterocycles. The first kappa shape index (κ1) is 17.8. The van der Waals surface area contributed by atoms with Crippen LogP contribution in [0.2, 0.25) is 0 Å². The zero-order valence-electron chi connectivity index (χ0n) is 14.5. The minimum absolute atomic E-state index is 0.0128. The molecule has 0 N–H and O–H groups in total. The molecule has 6 heteroatoms. The van der Waals surface area contributed by atoms with Gasteiger partial charge < -0.3 is 0 Å². The quantitative estimate of drug-likeness (QED) is 0.811. The van der Waals surface area contributed by atoms with Crippen LogP contribution in [0.4, 0.5) is 9.52 Å². The number of hydrogen-bond donors (Lipinski definition) is 0. The van der Waals surface area contributed by atoms with Crippen molar-refractivity contribution in [3.63, 3.8) is 0 Å². The number of nitrogens with zero attached hydrogens (tertiary/aromatic N) is 3. The maximum absolute atomic E-state index is 13.9. The van der Waals surface area contributed by atoms with Crippen molar-refractivity contribution in [1.82, 2.24) is 9.88 Å². The molecule has 0 saturated carbocycles. The second kappa shape index (κ2) is 7.89. The van der Waals surface area contributed by atoms with Gasteiger partial charge in [-0.3, -0.25) is 14.6 Å². The summed E-state index contributed by atoms with van der Waals surface area (Å²) >= 11 is 1.50. The molecule has 25 heavy (non-hydrogen) atoms. The highest BCUT2D eigenvalue weighted by Gasteiger charge is 2.18. The molecule has 0 atom stereocenters. The van der Waals surface area contributed by atoms with Crippen LogP contribution in [0.1, 0.15) is 31.5 Å². The first-order valence-corrected chi connectivity index (χ1v) is 9.35. The highest BCUT2D eigenvalue weighted by molar-refractivity contribution is 7.14. The molecule has 1 amide bonds. The Morgan fingerprint density at radius 1 is 1.40 bits per heavy atom. The molecule has 1 aliphatic rings. The summed E-state index contributed by atoms with van der Waals surface area (Å²) in [5.74, 6) is -0.144. The second-order valence-electron chi connectivity index (χ2n) is 6.08. The summed E-state index contributed by atoms with van der Waals surface area (Å²) in [6.45, 7) is 6.53. The fraction of sp³-hybridized carbons (Fsp3) is 0.368. The van der Waals surface area contributed by atoms with Crippen molar-refractivity contribution in [2.75, 3.05) is 24.5 Å². The number of carbonyl (C=O) groups is 1. The Morgan fingerprint density at radius 3 is 2.84 bits per heavy atom. The van der Waals surface area contributed by atoms with Gasteiger partial charge in [0.05, 0.1) is 5.69 Å². The van der Waals surface area contributed by atoms with Gasteiger partial charge in [-0.2, -0.15) is 0 Å². The summed E-state index contributed by atoms with van der Waals surface area (Å²) in [5.41, 5.74) is 2.75. The molecule has 3 rings (SSSR count). The molecule has 1 aromatic heterocycles. The molecule has 0 radical (unpaired) electrons. The van der Waals surface area contributed by atoms with Crippen LogP contribution in [0.25, 0.3) is 5.57 Å². The molecular weight excluding hydrogens is 337 g/mol. The van der Waals surface area contributed by atoms with Crippen LogP contribution in [-0.4, -0.2) is 35.4 Å². The summed E-state index contributed by atoms with van der Waals surface area (Å²) in [4.78, 5) is 20.2. The molecule has 132 valence electrons. The molecular formula is C19H22FN3OS. The summed E-state index contributed by atoms with van der Waals surface area (Å²) in [5, 5.41) is 2.77. The zero-order valence-corrected chi connectivity index (χ0v) is 15.4. The average Bonchev–Trinajstić information content (AvgIpc) is 3.04. The van der Waals surface area contributed by atoms with Crippen molar-refractivity contribution in [3.05, 3.63) is 52.8 Å². The van der Waals surface area contributed by atoms with Crippen LogP contribution in [0, 0.1) is 5.82 Å². The Balaban J connectivity index is 1.64. The van der Waals surface area contributed by atoms with E-state index >= 15 is 0 Å². The van der Waals surface area contributed by atoms with Crippen LogP contribution < -0.4 is 4.90 Å². The van der Waals surface area contributed by atoms with Crippen LogP contribution in [0.5, 0.6) is 0 Å². The number of carbonyl (C=O) groups excluding carboxylic acids is 1. The number of benzene rings is 1. The van der Waals surface area contributed by atoms with Gasteiger partial charge in [-0.05, 0) is 25.0 Å². The third kappa shape index (κ3) is 4.14. The number of thiazole rings is 1. The molecule has 1 aromatic carbocycles. The van der Waals surface area contributed by atoms with E-state index in [0.29, 0.717) is 12.1 Å². The van der Waals surface area contributed by atoms with Crippen molar-refractivity contribution in [2.24, 2.45) is 0 Å². The Hall–Kier alpha value is -2.05. The monoisotopic (exact) mass is 359 g/mol. The first-order valence-electron chi connectivity index (χ1n) is 8.47. The van der Waals surface area contributed by atoms with Crippen LogP contribution in [0.3, 0.4) is 0 Å². The van der Waals surface area contributed by atoms with Gasteiger partial charge in [0.1, 0.15) is 5.82 Å². The largest absolute Gasteiger partial charge is 0.293 e. The lowest BCUT2D eigenvalue weighted by Gasteiger charge is -2.26. The van der Waals surface area contributed by atoms with E-state index < -0.39 is 0 Å². The highest BCUT2D eigenvalue weighted by atomic mass is 32.1. The molecule has 0 unspecified atom stereocenters. The number of aromatic nitrogens is 1. The Labute approximate surface area is 151 Å². The van der Waals surface area contributed by atoms with Gasteiger partial charge in [-0.1, -0.05) is 24.3 Å². The average molecular weight is 359 g/mol. The normalized spacial score (nSPS) is 15.1. The smallest absolute Gasteiger partial charge is 0.225 e. The number of anilines is 1. The lowest BCUT2D eigenvalue weighted by Crippen LogP contribution is -2.29. The van der Waals surface area contributed by atoms with Gasteiger partial charge in [0.2, 0.25) is 5.91 Å². The third-order valence-corrected chi connectivity index (χ3v) is 5.28. The predicted molar refractivity (Wildman–Crippen MR) is 100 cm³/mol. The van der Waals surface area contributed by atoms with Crippen molar-refractivity contribution >= 4 is 27.9 Å². The molecule has 0 fully saturated rings. The molecule has 0 saturated heterocycles. The minimum atomic E-state index is -0.157. The summed E-state index contributed by atoms with van der Waals surface area (Å²) in [7, 11) is 0. The molecule has 0 bridgehead atoms. The molecule has 0 spiro atoms. The van der Waals surface area contributed by atoms with Gasteiger partial charge in [0, 0.05) is 44.0 Å². The van der Waals surface area contributed by atoms with Crippen molar-refractivity contribution in [2.45, 2.75) is 26.8 Å². The Bertz CT molecular complexity index is 786. The Kier molecular flexibility index (Phi) is 5.60. The van der Waals surface area contributed by atoms with Gasteiger partial charge in [0.15, 0.2) is 5.13 Å². The van der Waals surface area contributed by atoms with Crippen molar-refractivity contribution in [3.8, 4) is 0 Å². The zero-order chi connectivity index (χ0) is 17.8. The number of halogens is 1. The van der Waals surface area contributed by atoms with Crippen LogP contribution >= 0.6 is 11.3 Å². The van der Waals surface area contributed by atoms with E-state index in [0.717, 1.165) is 42.5 Å². The summed E-state index contributed by atoms with van der Waals surface area (Å²) in [6, 6.07) is 6.93. The van der Waals surface area contributed by atoms with E-state index in [1.807, 2.05) is 24.4 Å². The van der Waals surface area contributed by atoms with Gasteiger partial charge in [-0.25, -0.2) is 9.37 Å². The predicted octanol–water partition coefficient (Wildman–Crippen LogP) is 3.94. The maximum atomic E-state index is 13.9. The van der Waals surface area contributed by atoms with E-state index in [-0.39, 0.29) is 11.7 Å². The van der Waals surface area contributed by atoms with E-state index in [1.54, 1.807) is 17.9 Å². The molecule has 4 nitrogen and oxygen atoms in total. The lowest BCUT2D eigenvalue weighted by molar-refractivity contribution is -0.116. The Morgan fingerprint density at radius 2 is 2.20 bits per heavy atom. The van der Waals surface area contributed by atoms with E-state index in [4.69, 9.17) is 0 Å². The van der Waals surface area contributed by atoms with E-state index in [1.165, 1.54) is 17.4 Å². The summed E-state index contributed by atoms with van der Waals surface area (Å²) < 4.78 is 13.9. The van der Waals surface area contributed by atoms with E-state index in [2.05, 4.69) is 16.0 Å². The third-order valence-electron chi connectivity index (χ3n) is 4.37. The second-order valence-corrected chi connectivity index (χ2v) is 6.92. The standard InChI is InChI=1S/C19H22FN3OS/c1-3-23(14(2)24)19-21-16(13-25-19)12-22-10-8-15(9-11-22)17-6-4-5-7-18(17)20/h4-8,13H,3,9-12H2,1-2H3. The highest BCUT2D eigenvalue weighted by Crippen LogP contribution is 2.26. The molecule has 1 aliphatic heterocycles. The molecule has 0 aliphatic carbocycles. The van der Waals surface area contributed by atoms with Gasteiger partial charge >= 0.3 is 0 Å². The number of amides is 1. The molecule has 2 aromatic rings. The number of hydrogen-bond acceptors (Lipinski definition) is 4. The lowest BCUT2D eigenvalue weighted by atomic mass is 9.99. The van der Waals surface area contributed by atoms with Crippen molar-refractivity contribution < 1.29 is 9.18 Å². The maximum Gasteiger partial charge on any atom is 0.225 e. The van der Waals surface area contributed by atoms with Crippen LogP contribution in [-0.2, 0) is 11.3 Å². The topological polar surface area (TPSA) is 36.4 Å². The van der Waals surface area contributed by atoms with E-state index in [9.17, 15) is 9.18 Å². The fourth-order valence-corrected chi connectivity index (χ4v) is 3.96. The SMILES string of the molecule is CCN(C(C)=O)c1nc(CN2CC=C(c3ccccc3F)CC2)cs1. The van der Waals surface area contributed by atoms with Crippen LogP contribution in [0.15, 0.2) is 35.7 Å². The fourth-order valence-electron chi connectivity index (χ4n) is 3.04. The van der Waals surface area contributed by atoms with Crippen molar-refractivity contribution in [1.29, 1.82) is 0 Å². The first-order chi connectivity index (χ1) is 12.1. The minimum Gasteiger partial charge on any atom is -0.293 e. The van der Waals surface area contributed by atoms with Gasteiger partial charge in [-0.15, -0.1) is 11.3 Å². The van der Waals surface area contributed by atoms with Gasteiger partial charge in [0.25, 0.3) is 0 Å².